The van der Waals surface area contributed by atoms with Gasteiger partial charge in [-0.25, -0.2) is 0 Å². The van der Waals surface area contributed by atoms with Crippen LogP contribution in [-0.2, 0) is 0 Å². The Morgan fingerprint density at radius 1 is 1.53 bits per heavy atom. The quantitative estimate of drug-likeness (QED) is 0.854. The van der Waals surface area contributed by atoms with Gasteiger partial charge in [-0.2, -0.15) is 0 Å². The molecule has 82 valence electrons. The second kappa shape index (κ2) is 4.00. The van der Waals surface area contributed by atoms with E-state index in [0.29, 0.717) is 5.92 Å². The Morgan fingerprint density at radius 3 is 2.93 bits per heavy atom. The Hall–Kier alpha value is -0.180. The van der Waals surface area contributed by atoms with Crippen LogP contribution in [0, 0.1) is 0 Å². The van der Waals surface area contributed by atoms with Crippen molar-refractivity contribution in [3.63, 3.8) is 0 Å². The number of halogens is 1. The minimum Gasteiger partial charge on any atom is -0.390 e. The van der Waals surface area contributed by atoms with Gasteiger partial charge in [-0.3, -0.25) is 0 Å². The van der Waals surface area contributed by atoms with E-state index in [1.165, 1.54) is 10.5 Å². The van der Waals surface area contributed by atoms with E-state index in [2.05, 4.69) is 6.07 Å². The van der Waals surface area contributed by atoms with E-state index >= 15 is 0 Å². The first kappa shape index (κ1) is 11.3. The van der Waals surface area contributed by atoms with E-state index in [9.17, 15) is 5.11 Å². The molecule has 0 fully saturated rings. The van der Waals surface area contributed by atoms with E-state index in [0.717, 1.165) is 17.2 Å². The van der Waals surface area contributed by atoms with Crippen molar-refractivity contribution in [2.75, 3.05) is 5.75 Å². The summed E-state index contributed by atoms with van der Waals surface area (Å²) in [6, 6.07) is 6.03. The minimum atomic E-state index is -0.619. The van der Waals surface area contributed by atoms with Gasteiger partial charge in [0.15, 0.2) is 0 Å². The Balaban J connectivity index is 2.28. The van der Waals surface area contributed by atoms with Gasteiger partial charge < -0.3 is 5.11 Å². The maximum absolute atomic E-state index is 9.84. The van der Waals surface area contributed by atoms with E-state index in [1.807, 2.05) is 37.7 Å². The highest BCUT2D eigenvalue weighted by Gasteiger charge is 2.29. The summed E-state index contributed by atoms with van der Waals surface area (Å²) >= 11 is 8.03. The van der Waals surface area contributed by atoms with Gasteiger partial charge in [0, 0.05) is 15.7 Å². The zero-order valence-electron chi connectivity index (χ0n) is 8.96. The molecule has 1 aliphatic rings. The van der Waals surface area contributed by atoms with Gasteiger partial charge in [-0.15, -0.1) is 11.8 Å². The molecular weight excluding hydrogens is 228 g/mol. The molecule has 0 bridgehead atoms. The Bertz CT molecular complexity index is 370. The Kier molecular flexibility index (Phi) is 3.02. The molecule has 1 atom stereocenters. The van der Waals surface area contributed by atoms with Gasteiger partial charge in [-0.05, 0) is 43.9 Å². The molecule has 0 aliphatic carbocycles. The van der Waals surface area contributed by atoms with Crippen LogP contribution in [0.25, 0.3) is 0 Å². The van der Waals surface area contributed by atoms with Crippen LogP contribution in [0.15, 0.2) is 23.1 Å². The summed E-state index contributed by atoms with van der Waals surface area (Å²) in [5.41, 5.74) is 0.609. The standard InChI is InChI=1S/C12H15ClOS/c1-12(2,14)6-8-7-15-10-5-3-4-9(13)11(8)10/h3-5,8,14H,6-7H2,1-2H3. The van der Waals surface area contributed by atoms with Gasteiger partial charge in [-0.1, -0.05) is 17.7 Å². The molecule has 1 unspecified atom stereocenters. The number of fused-ring (bicyclic) bond motifs is 1. The zero-order chi connectivity index (χ0) is 11.1. The Labute approximate surface area is 99.8 Å². The van der Waals surface area contributed by atoms with Crippen molar-refractivity contribution in [2.24, 2.45) is 0 Å². The topological polar surface area (TPSA) is 20.2 Å². The summed E-state index contributed by atoms with van der Waals surface area (Å²) in [5.74, 6) is 1.42. The molecule has 0 radical (unpaired) electrons. The largest absolute Gasteiger partial charge is 0.390 e. The van der Waals surface area contributed by atoms with Crippen molar-refractivity contribution in [1.29, 1.82) is 0 Å². The van der Waals surface area contributed by atoms with Crippen LogP contribution in [0.5, 0.6) is 0 Å². The van der Waals surface area contributed by atoms with Crippen molar-refractivity contribution < 1.29 is 5.11 Å². The van der Waals surface area contributed by atoms with Crippen molar-refractivity contribution in [1.82, 2.24) is 0 Å². The third-order valence-electron chi connectivity index (χ3n) is 2.61. The fourth-order valence-corrected chi connectivity index (χ4v) is 3.73. The smallest absolute Gasteiger partial charge is 0.0597 e. The highest BCUT2D eigenvalue weighted by atomic mass is 35.5. The van der Waals surface area contributed by atoms with Crippen LogP contribution in [-0.4, -0.2) is 16.5 Å². The van der Waals surface area contributed by atoms with E-state index < -0.39 is 5.60 Å². The second-order valence-corrected chi connectivity index (χ2v) is 6.15. The molecule has 1 aromatic rings. The molecule has 15 heavy (non-hydrogen) atoms. The van der Waals surface area contributed by atoms with Crippen LogP contribution < -0.4 is 0 Å². The number of benzene rings is 1. The molecular formula is C12H15ClOS. The zero-order valence-corrected chi connectivity index (χ0v) is 10.5. The lowest BCUT2D eigenvalue weighted by Crippen LogP contribution is -2.22. The van der Waals surface area contributed by atoms with Gasteiger partial charge in [0.25, 0.3) is 0 Å². The summed E-state index contributed by atoms with van der Waals surface area (Å²) in [5, 5.41) is 10.7. The highest BCUT2D eigenvalue weighted by Crippen LogP contribution is 2.46. The van der Waals surface area contributed by atoms with Crippen LogP contribution in [0.4, 0.5) is 0 Å². The van der Waals surface area contributed by atoms with Gasteiger partial charge in [0.05, 0.1) is 5.60 Å². The third-order valence-corrected chi connectivity index (χ3v) is 4.17. The lowest BCUT2D eigenvalue weighted by Gasteiger charge is -2.22. The summed E-state index contributed by atoms with van der Waals surface area (Å²) in [4.78, 5) is 1.27. The van der Waals surface area contributed by atoms with Crippen molar-refractivity contribution >= 4 is 23.4 Å². The van der Waals surface area contributed by atoms with Gasteiger partial charge in [0.2, 0.25) is 0 Å². The van der Waals surface area contributed by atoms with Crippen molar-refractivity contribution in [2.45, 2.75) is 36.7 Å². The first-order valence-electron chi connectivity index (χ1n) is 5.11. The molecule has 1 aromatic carbocycles. The summed E-state index contributed by atoms with van der Waals surface area (Å²) in [6.45, 7) is 3.71. The molecule has 0 aromatic heterocycles. The maximum atomic E-state index is 9.84. The molecule has 0 amide bonds. The number of thioether (sulfide) groups is 1. The maximum Gasteiger partial charge on any atom is 0.0597 e. The van der Waals surface area contributed by atoms with Crippen LogP contribution >= 0.6 is 23.4 Å². The molecule has 0 saturated heterocycles. The molecule has 2 rings (SSSR count). The predicted octanol–water partition coefficient (Wildman–Crippen LogP) is 3.69. The van der Waals surface area contributed by atoms with E-state index in [4.69, 9.17) is 11.6 Å². The number of aliphatic hydroxyl groups is 1. The molecule has 1 nitrogen and oxygen atoms in total. The summed E-state index contributed by atoms with van der Waals surface area (Å²) < 4.78 is 0. The lowest BCUT2D eigenvalue weighted by atomic mass is 9.89. The molecule has 1 heterocycles. The molecule has 3 heteroatoms. The Morgan fingerprint density at radius 2 is 2.27 bits per heavy atom. The monoisotopic (exact) mass is 242 g/mol. The van der Waals surface area contributed by atoms with Crippen LogP contribution in [0.3, 0.4) is 0 Å². The first-order valence-corrected chi connectivity index (χ1v) is 6.47. The van der Waals surface area contributed by atoms with E-state index in [-0.39, 0.29) is 0 Å². The third kappa shape index (κ3) is 2.49. The van der Waals surface area contributed by atoms with Gasteiger partial charge >= 0.3 is 0 Å². The average molecular weight is 243 g/mol. The second-order valence-electron chi connectivity index (χ2n) is 4.68. The molecule has 0 saturated carbocycles. The number of hydrogen-bond donors (Lipinski definition) is 1. The van der Waals surface area contributed by atoms with Gasteiger partial charge in [0.1, 0.15) is 0 Å². The average Bonchev–Trinajstić information content (AvgIpc) is 2.47. The molecule has 1 aliphatic heterocycles. The minimum absolute atomic E-state index is 0.388. The SMILES string of the molecule is CC(C)(O)CC1CSc2cccc(Cl)c21. The fraction of sp³-hybridized carbons (Fsp3) is 0.500. The van der Waals surface area contributed by atoms with Crippen LogP contribution in [0.1, 0.15) is 31.7 Å². The molecule has 1 N–H and O–H groups in total. The number of rotatable bonds is 2. The number of hydrogen-bond acceptors (Lipinski definition) is 2. The van der Waals surface area contributed by atoms with Crippen molar-refractivity contribution in [3.05, 3.63) is 28.8 Å². The predicted molar refractivity (Wildman–Crippen MR) is 65.8 cm³/mol. The summed E-state index contributed by atoms with van der Waals surface area (Å²) in [6.07, 6.45) is 0.775. The van der Waals surface area contributed by atoms with Crippen molar-refractivity contribution in [3.8, 4) is 0 Å². The summed E-state index contributed by atoms with van der Waals surface area (Å²) in [7, 11) is 0. The normalized spacial score (nSPS) is 20.4. The van der Waals surface area contributed by atoms with Crippen LogP contribution in [0.2, 0.25) is 5.02 Å². The van der Waals surface area contributed by atoms with E-state index in [1.54, 1.807) is 0 Å². The fourth-order valence-electron chi connectivity index (χ4n) is 2.08. The highest BCUT2D eigenvalue weighted by molar-refractivity contribution is 7.99. The first-order chi connectivity index (χ1) is 6.97. The lowest BCUT2D eigenvalue weighted by molar-refractivity contribution is 0.0653. The molecule has 0 spiro atoms.